The molecule has 1 saturated carbocycles. The van der Waals surface area contributed by atoms with E-state index in [1.165, 1.54) is 0 Å². The number of aliphatic hydroxyl groups is 1. The van der Waals surface area contributed by atoms with Crippen LogP contribution in [-0.4, -0.2) is 35.9 Å². The van der Waals surface area contributed by atoms with Gasteiger partial charge in [0.25, 0.3) is 0 Å². The molecule has 4 nitrogen and oxygen atoms in total. The highest BCUT2D eigenvalue weighted by molar-refractivity contribution is 5.78. The lowest BCUT2D eigenvalue weighted by Crippen LogP contribution is -2.36. The van der Waals surface area contributed by atoms with Crippen molar-refractivity contribution in [2.24, 2.45) is 10.7 Å². The molecule has 1 fully saturated rings. The quantitative estimate of drug-likeness (QED) is 0.453. The molecule has 0 aromatic heterocycles. The molecule has 7 heteroatoms. The number of guanidine groups is 1. The standard InChI is InChI=1S/C7H12F3N3O/c8-7(9,10)5(14)3-12-6(11)13-4-1-2-4/h4-5,14H,1-3H2,(H3,11,12,13). The van der Waals surface area contributed by atoms with E-state index in [1.807, 2.05) is 0 Å². The summed E-state index contributed by atoms with van der Waals surface area (Å²) >= 11 is 0. The fourth-order valence-electron chi connectivity index (χ4n) is 0.771. The lowest BCUT2D eigenvalue weighted by atomic mass is 10.3. The highest BCUT2D eigenvalue weighted by Crippen LogP contribution is 2.20. The minimum atomic E-state index is -4.64. The van der Waals surface area contributed by atoms with E-state index in [0.29, 0.717) is 0 Å². The van der Waals surface area contributed by atoms with Gasteiger partial charge in [0, 0.05) is 6.04 Å². The van der Waals surface area contributed by atoms with Crippen molar-refractivity contribution in [2.75, 3.05) is 6.54 Å². The smallest absolute Gasteiger partial charge is 0.382 e. The third kappa shape index (κ3) is 3.82. The Bertz CT molecular complexity index is 225. The molecule has 0 saturated heterocycles. The summed E-state index contributed by atoms with van der Waals surface area (Å²) in [4.78, 5) is 3.38. The second kappa shape index (κ2) is 4.04. The van der Waals surface area contributed by atoms with E-state index in [1.54, 1.807) is 0 Å². The molecule has 82 valence electrons. The minimum Gasteiger partial charge on any atom is -0.382 e. The van der Waals surface area contributed by atoms with E-state index >= 15 is 0 Å². The van der Waals surface area contributed by atoms with Gasteiger partial charge in [-0.25, -0.2) is 0 Å². The van der Waals surface area contributed by atoms with Gasteiger partial charge < -0.3 is 16.2 Å². The van der Waals surface area contributed by atoms with Gasteiger partial charge in [-0.2, -0.15) is 13.2 Å². The van der Waals surface area contributed by atoms with E-state index in [4.69, 9.17) is 10.8 Å². The summed E-state index contributed by atoms with van der Waals surface area (Å²) in [6, 6.07) is 0.238. The highest BCUT2D eigenvalue weighted by Gasteiger charge is 2.37. The maximum absolute atomic E-state index is 11.8. The zero-order valence-electron chi connectivity index (χ0n) is 7.38. The van der Waals surface area contributed by atoms with Crippen LogP contribution in [0.25, 0.3) is 0 Å². The average Bonchev–Trinajstić information content (AvgIpc) is 2.82. The van der Waals surface area contributed by atoms with E-state index < -0.39 is 18.8 Å². The van der Waals surface area contributed by atoms with Gasteiger partial charge in [0.1, 0.15) is 0 Å². The van der Waals surface area contributed by atoms with Crippen LogP contribution >= 0.6 is 0 Å². The Balaban J connectivity index is 2.29. The second-order valence-corrected chi connectivity index (χ2v) is 3.20. The van der Waals surface area contributed by atoms with Crippen LogP contribution in [0.1, 0.15) is 12.8 Å². The number of nitrogens with zero attached hydrogens (tertiary/aromatic N) is 1. The molecule has 1 aliphatic carbocycles. The van der Waals surface area contributed by atoms with Crippen LogP contribution in [0.4, 0.5) is 13.2 Å². The minimum absolute atomic E-state index is 0.0456. The van der Waals surface area contributed by atoms with Gasteiger partial charge in [-0.1, -0.05) is 0 Å². The Hall–Kier alpha value is -0.980. The first kappa shape index (κ1) is 11.1. The molecule has 1 aliphatic rings. The molecule has 0 aromatic carbocycles. The summed E-state index contributed by atoms with van der Waals surface area (Å²) in [5.41, 5.74) is 5.27. The Morgan fingerprint density at radius 3 is 2.57 bits per heavy atom. The van der Waals surface area contributed by atoms with Crippen LogP contribution in [0.15, 0.2) is 4.99 Å². The maximum Gasteiger partial charge on any atom is 0.416 e. The molecule has 1 rings (SSSR count). The van der Waals surface area contributed by atoms with E-state index in [9.17, 15) is 13.2 Å². The molecular formula is C7H12F3N3O. The molecule has 0 spiro atoms. The number of nitrogens with two attached hydrogens (primary N) is 1. The lowest BCUT2D eigenvalue weighted by molar-refractivity contribution is -0.199. The number of alkyl halides is 3. The molecule has 0 bridgehead atoms. The third-order valence-corrected chi connectivity index (χ3v) is 1.74. The predicted octanol–water partition coefficient (Wildman–Crippen LogP) is -0.0237. The zero-order chi connectivity index (χ0) is 10.8. The van der Waals surface area contributed by atoms with Crippen molar-refractivity contribution in [1.29, 1.82) is 0 Å². The Labute approximate surface area is 79.0 Å². The van der Waals surface area contributed by atoms with E-state index in [0.717, 1.165) is 12.8 Å². The van der Waals surface area contributed by atoms with Gasteiger partial charge in [-0.3, -0.25) is 4.99 Å². The van der Waals surface area contributed by atoms with Gasteiger partial charge in [-0.05, 0) is 12.8 Å². The number of rotatable bonds is 3. The zero-order valence-corrected chi connectivity index (χ0v) is 7.38. The molecule has 14 heavy (non-hydrogen) atoms. The summed E-state index contributed by atoms with van der Waals surface area (Å²) in [6.07, 6.45) is -5.17. The lowest BCUT2D eigenvalue weighted by Gasteiger charge is -2.12. The molecule has 0 aliphatic heterocycles. The van der Waals surface area contributed by atoms with Gasteiger partial charge in [0.2, 0.25) is 0 Å². The SMILES string of the molecule is NC(=NCC(O)C(F)(F)F)NC1CC1. The second-order valence-electron chi connectivity index (χ2n) is 3.20. The summed E-state index contributed by atoms with van der Waals surface area (Å²) in [6.45, 7) is -0.755. The van der Waals surface area contributed by atoms with Gasteiger partial charge >= 0.3 is 6.18 Å². The van der Waals surface area contributed by atoms with Crippen molar-refractivity contribution in [1.82, 2.24) is 5.32 Å². The van der Waals surface area contributed by atoms with E-state index in [2.05, 4.69) is 10.3 Å². The molecule has 0 amide bonds. The largest absolute Gasteiger partial charge is 0.416 e. The molecule has 1 unspecified atom stereocenters. The number of hydrogen-bond acceptors (Lipinski definition) is 2. The number of aliphatic imine (C=N–C) groups is 1. The van der Waals surface area contributed by atoms with Crippen LogP contribution in [0.3, 0.4) is 0 Å². The molecule has 0 radical (unpaired) electrons. The van der Waals surface area contributed by atoms with Crippen LogP contribution in [0.2, 0.25) is 0 Å². The Kier molecular flexibility index (Phi) is 3.20. The number of nitrogens with one attached hydrogen (secondary N) is 1. The molecule has 0 heterocycles. The first-order chi connectivity index (χ1) is 6.39. The van der Waals surface area contributed by atoms with Crippen molar-refractivity contribution in [3.05, 3.63) is 0 Å². The van der Waals surface area contributed by atoms with Crippen LogP contribution in [-0.2, 0) is 0 Å². The molecule has 4 N–H and O–H groups in total. The van der Waals surface area contributed by atoms with Gasteiger partial charge in [-0.15, -0.1) is 0 Å². The monoisotopic (exact) mass is 211 g/mol. The normalized spacial score (nSPS) is 20.7. The first-order valence-electron chi connectivity index (χ1n) is 4.21. The number of hydrogen-bond donors (Lipinski definition) is 3. The number of halogens is 3. The van der Waals surface area contributed by atoms with Crippen molar-refractivity contribution in [3.8, 4) is 0 Å². The summed E-state index contributed by atoms with van der Waals surface area (Å²) in [5, 5.41) is 11.3. The van der Waals surface area contributed by atoms with Crippen LogP contribution < -0.4 is 11.1 Å². The van der Waals surface area contributed by atoms with Gasteiger partial charge in [0.05, 0.1) is 6.54 Å². The molecule has 1 atom stereocenters. The topological polar surface area (TPSA) is 70.6 Å². The summed E-state index contributed by atoms with van der Waals surface area (Å²) in [5.74, 6) is -0.0456. The summed E-state index contributed by atoms with van der Waals surface area (Å²) < 4.78 is 35.4. The van der Waals surface area contributed by atoms with Gasteiger partial charge in [0.15, 0.2) is 12.1 Å². The maximum atomic E-state index is 11.8. The molecular weight excluding hydrogens is 199 g/mol. The van der Waals surface area contributed by atoms with Crippen molar-refractivity contribution in [3.63, 3.8) is 0 Å². The Morgan fingerprint density at radius 1 is 1.57 bits per heavy atom. The van der Waals surface area contributed by atoms with Crippen LogP contribution in [0.5, 0.6) is 0 Å². The Morgan fingerprint density at radius 2 is 2.14 bits per heavy atom. The van der Waals surface area contributed by atoms with Crippen molar-refractivity contribution in [2.45, 2.75) is 31.2 Å². The third-order valence-electron chi connectivity index (χ3n) is 1.74. The fraction of sp³-hybridized carbons (Fsp3) is 0.857. The first-order valence-corrected chi connectivity index (χ1v) is 4.21. The van der Waals surface area contributed by atoms with E-state index in [-0.39, 0.29) is 12.0 Å². The summed E-state index contributed by atoms with van der Waals surface area (Å²) in [7, 11) is 0. The fourth-order valence-corrected chi connectivity index (χ4v) is 0.771. The van der Waals surface area contributed by atoms with Crippen molar-refractivity contribution < 1.29 is 18.3 Å². The van der Waals surface area contributed by atoms with Crippen molar-refractivity contribution >= 4 is 5.96 Å². The van der Waals surface area contributed by atoms with Crippen LogP contribution in [0, 0.1) is 0 Å². The average molecular weight is 211 g/mol. The highest BCUT2D eigenvalue weighted by atomic mass is 19.4. The molecule has 0 aromatic rings. The number of aliphatic hydroxyl groups excluding tert-OH is 1. The predicted molar refractivity (Wildman–Crippen MR) is 44.7 cm³/mol.